The molecule has 0 saturated heterocycles. The van der Waals surface area contributed by atoms with E-state index in [1.165, 1.54) is 18.2 Å². The van der Waals surface area contributed by atoms with Crippen LogP contribution in [0.25, 0.3) is 0 Å². The number of nitrogens with one attached hydrogen (secondary N) is 1. The Balaban J connectivity index is 1.94. The molecule has 20 heavy (non-hydrogen) atoms. The highest BCUT2D eigenvalue weighted by atomic mass is 79.9. The molecule has 0 saturated carbocycles. The van der Waals surface area contributed by atoms with Gasteiger partial charge in [0.1, 0.15) is 11.6 Å². The number of hydrogen-bond acceptors (Lipinski definition) is 2. The van der Waals surface area contributed by atoms with Gasteiger partial charge < -0.3 is 10.1 Å². The molecule has 1 amide bonds. The van der Waals surface area contributed by atoms with Crippen LogP contribution >= 0.6 is 15.9 Å². The largest absolute Gasteiger partial charge is 0.483 e. The maximum absolute atomic E-state index is 12.9. The molecule has 0 fully saturated rings. The van der Waals surface area contributed by atoms with Gasteiger partial charge in [0, 0.05) is 5.69 Å². The lowest BCUT2D eigenvalue weighted by atomic mass is 10.2. The molecule has 2 rings (SSSR count). The van der Waals surface area contributed by atoms with Crippen LogP contribution in [-0.4, -0.2) is 12.5 Å². The minimum Gasteiger partial charge on any atom is -0.483 e. The minimum atomic E-state index is -0.367. The number of anilines is 1. The van der Waals surface area contributed by atoms with Gasteiger partial charge in [-0.25, -0.2) is 4.39 Å². The van der Waals surface area contributed by atoms with Crippen molar-refractivity contribution in [3.63, 3.8) is 0 Å². The summed E-state index contributed by atoms with van der Waals surface area (Å²) in [4.78, 5) is 11.8. The second kappa shape index (κ2) is 6.52. The average Bonchev–Trinajstić information content (AvgIpc) is 2.40. The lowest BCUT2D eigenvalue weighted by Gasteiger charge is -2.10. The van der Waals surface area contributed by atoms with Crippen LogP contribution < -0.4 is 10.1 Å². The van der Waals surface area contributed by atoms with Crippen LogP contribution in [-0.2, 0) is 4.79 Å². The summed E-state index contributed by atoms with van der Waals surface area (Å²) < 4.78 is 18.7. The van der Waals surface area contributed by atoms with E-state index in [2.05, 4.69) is 21.2 Å². The fourth-order valence-electron chi connectivity index (χ4n) is 1.64. The number of rotatable bonds is 4. The summed E-state index contributed by atoms with van der Waals surface area (Å²) in [5.74, 6) is -0.213. The predicted molar refractivity (Wildman–Crippen MR) is 79.4 cm³/mol. The highest BCUT2D eigenvalue weighted by molar-refractivity contribution is 9.10. The monoisotopic (exact) mass is 337 g/mol. The molecule has 0 atom stereocenters. The molecular weight excluding hydrogens is 325 g/mol. The van der Waals surface area contributed by atoms with E-state index >= 15 is 0 Å². The minimum absolute atomic E-state index is 0.140. The summed E-state index contributed by atoms with van der Waals surface area (Å²) >= 11 is 3.18. The summed E-state index contributed by atoms with van der Waals surface area (Å²) in [6.07, 6.45) is 0. The SMILES string of the molecule is Cc1ccccc1NC(=O)COc1ccc(F)cc1Br. The number of para-hydroxylation sites is 1. The number of benzene rings is 2. The summed E-state index contributed by atoms with van der Waals surface area (Å²) in [6, 6.07) is 11.5. The van der Waals surface area contributed by atoms with Gasteiger partial charge in [-0.1, -0.05) is 18.2 Å². The summed E-state index contributed by atoms with van der Waals surface area (Å²) in [6.45, 7) is 1.77. The third-order valence-electron chi connectivity index (χ3n) is 2.67. The predicted octanol–water partition coefficient (Wildman–Crippen LogP) is 3.91. The molecule has 0 aromatic heterocycles. The highest BCUT2D eigenvalue weighted by Gasteiger charge is 2.07. The van der Waals surface area contributed by atoms with E-state index in [9.17, 15) is 9.18 Å². The molecule has 1 N–H and O–H groups in total. The molecule has 0 aliphatic rings. The standard InChI is InChI=1S/C15H13BrFNO2/c1-10-4-2-3-5-13(10)18-15(19)9-20-14-7-6-11(17)8-12(14)16/h2-8H,9H2,1H3,(H,18,19). The van der Waals surface area contributed by atoms with Crippen molar-refractivity contribution < 1.29 is 13.9 Å². The maximum Gasteiger partial charge on any atom is 0.262 e. The third-order valence-corrected chi connectivity index (χ3v) is 3.29. The van der Waals surface area contributed by atoms with Gasteiger partial charge in [-0.15, -0.1) is 0 Å². The maximum atomic E-state index is 12.9. The van der Waals surface area contributed by atoms with Crippen molar-refractivity contribution in [2.24, 2.45) is 0 Å². The van der Waals surface area contributed by atoms with Crippen LogP contribution in [0.1, 0.15) is 5.56 Å². The van der Waals surface area contributed by atoms with Gasteiger partial charge in [0.05, 0.1) is 4.47 Å². The fourth-order valence-corrected chi connectivity index (χ4v) is 2.10. The van der Waals surface area contributed by atoms with Crippen molar-refractivity contribution >= 4 is 27.5 Å². The third kappa shape index (κ3) is 3.81. The van der Waals surface area contributed by atoms with Crippen LogP contribution in [0.3, 0.4) is 0 Å². The number of halogens is 2. The molecule has 3 nitrogen and oxygen atoms in total. The van der Waals surface area contributed by atoms with Gasteiger partial charge >= 0.3 is 0 Å². The smallest absolute Gasteiger partial charge is 0.262 e. The summed E-state index contributed by atoms with van der Waals surface area (Å²) in [5, 5.41) is 2.76. The van der Waals surface area contributed by atoms with E-state index in [1.54, 1.807) is 0 Å². The van der Waals surface area contributed by atoms with Crippen LogP contribution in [0.4, 0.5) is 10.1 Å². The van der Waals surface area contributed by atoms with Gasteiger partial charge in [0.2, 0.25) is 0 Å². The Bertz CT molecular complexity index is 631. The van der Waals surface area contributed by atoms with E-state index < -0.39 is 0 Å². The van der Waals surface area contributed by atoms with Crippen molar-refractivity contribution in [3.05, 3.63) is 58.3 Å². The zero-order valence-electron chi connectivity index (χ0n) is 10.8. The normalized spacial score (nSPS) is 10.2. The Kier molecular flexibility index (Phi) is 4.74. The highest BCUT2D eigenvalue weighted by Crippen LogP contribution is 2.25. The van der Waals surface area contributed by atoms with E-state index in [0.29, 0.717) is 10.2 Å². The first-order valence-electron chi connectivity index (χ1n) is 5.99. The van der Waals surface area contributed by atoms with Gasteiger partial charge in [-0.3, -0.25) is 4.79 Å². The zero-order valence-corrected chi connectivity index (χ0v) is 12.4. The van der Waals surface area contributed by atoms with Crippen LogP contribution in [0, 0.1) is 12.7 Å². The van der Waals surface area contributed by atoms with E-state index in [-0.39, 0.29) is 18.3 Å². The quantitative estimate of drug-likeness (QED) is 0.918. The number of ether oxygens (including phenoxy) is 1. The van der Waals surface area contributed by atoms with Crippen LogP contribution in [0.5, 0.6) is 5.75 Å². The van der Waals surface area contributed by atoms with E-state index in [4.69, 9.17) is 4.74 Å². The second-order valence-corrected chi connectivity index (χ2v) is 5.08. The Morgan fingerprint density at radius 3 is 2.75 bits per heavy atom. The molecule has 0 spiro atoms. The molecule has 0 radical (unpaired) electrons. The van der Waals surface area contributed by atoms with Gasteiger partial charge in [0.15, 0.2) is 6.61 Å². The summed E-state index contributed by atoms with van der Waals surface area (Å²) in [5.41, 5.74) is 1.73. The fraction of sp³-hybridized carbons (Fsp3) is 0.133. The Morgan fingerprint density at radius 1 is 1.30 bits per heavy atom. The van der Waals surface area contributed by atoms with E-state index in [0.717, 1.165) is 11.3 Å². The van der Waals surface area contributed by atoms with Gasteiger partial charge in [-0.05, 0) is 52.7 Å². The first-order chi connectivity index (χ1) is 9.56. The molecule has 0 unspecified atom stereocenters. The number of hydrogen-bond donors (Lipinski definition) is 1. The topological polar surface area (TPSA) is 38.3 Å². The first kappa shape index (κ1) is 14.5. The molecule has 0 bridgehead atoms. The molecule has 0 heterocycles. The van der Waals surface area contributed by atoms with Crippen LogP contribution in [0.2, 0.25) is 0 Å². The lowest BCUT2D eigenvalue weighted by molar-refractivity contribution is -0.118. The first-order valence-corrected chi connectivity index (χ1v) is 6.79. The number of carbonyl (C=O) groups excluding carboxylic acids is 1. The van der Waals surface area contributed by atoms with Crippen molar-refractivity contribution in [3.8, 4) is 5.75 Å². The van der Waals surface area contributed by atoms with Crippen molar-refractivity contribution in [2.75, 3.05) is 11.9 Å². The Hall–Kier alpha value is -1.88. The van der Waals surface area contributed by atoms with Crippen LogP contribution in [0.15, 0.2) is 46.9 Å². The molecule has 2 aromatic carbocycles. The van der Waals surface area contributed by atoms with Crippen molar-refractivity contribution in [2.45, 2.75) is 6.92 Å². The average molecular weight is 338 g/mol. The zero-order chi connectivity index (χ0) is 14.5. The second-order valence-electron chi connectivity index (χ2n) is 4.23. The summed E-state index contributed by atoms with van der Waals surface area (Å²) in [7, 11) is 0. The Labute approximate surface area is 124 Å². The molecule has 104 valence electrons. The molecular formula is C15H13BrFNO2. The van der Waals surface area contributed by atoms with E-state index in [1.807, 2.05) is 31.2 Å². The lowest BCUT2D eigenvalue weighted by Crippen LogP contribution is -2.20. The van der Waals surface area contributed by atoms with Gasteiger partial charge in [-0.2, -0.15) is 0 Å². The molecule has 2 aromatic rings. The van der Waals surface area contributed by atoms with Gasteiger partial charge in [0.25, 0.3) is 5.91 Å². The number of aryl methyl sites for hydroxylation is 1. The Morgan fingerprint density at radius 2 is 2.05 bits per heavy atom. The number of amides is 1. The van der Waals surface area contributed by atoms with Crippen molar-refractivity contribution in [1.29, 1.82) is 0 Å². The van der Waals surface area contributed by atoms with Crippen molar-refractivity contribution in [1.82, 2.24) is 0 Å². The molecule has 0 aliphatic heterocycles. The molecule has 5 heteroatoms. The molecule has 0 aliphatic carbocycles. The number of carbonyl (C=O) groups is 1.